The van der Waals surface area contributed by atoms with Crippen LogP contribution >= 0.6 is 50.7 Å². The van der Waals surface area contributed by atoms with Crippen molar-refractivity contribution in [2.75, 3.05) is 73.2 Å². The lowest BCUT2D eigenvalue weighted by atomic mass is 10.0. The molecule has 226 valence electrons. The van der Waals surface area contributed by atoms with Gasteiger partial charge < -0.3 is 20.4 Å². The van der Waals surface area contributed by atoms with E-state index in [4.69, 9.17) is 34.8 Å². The molecule has 5 rings (SSSR count). The molecule has 3 aromatic rings. The van der Waals surface area contributed by atoms with Gasteiger partial charge in [0.1, 0.15) is 5.82 Å². The third kappa shape index (κ3) is 7.35. The van der Waals surface area contributed by atoms with Crippen LogP contribution in [0.2, 0.25) is 15.1 Å². The topological polar surface area (TPSA) is 96.9 Å². The number of rotatable bonds is 8. The number of halogens is 4. The first-order chi connectivity index (χ1) is 20.1. The van der Waals surface area contributed by atoms with Crippen molar-refractivity contribution in [3.05, 3.63) is 56.1 Å². The van der Waals surface area contributed by atoms with E-state index in [-0.39, 0.29) is 5.95 Å². The van der Waals surface area contributed by atoms with Gasteiger partial charge in [-0.25, -0.2) is 13.4 Å². The highest BCUT2D eigenvalue weighted by atomic mass is 79.9. The third-order valence-electron chi connectivity index (χ3n) is 7.69. The maximum atomic E-state index is 11.6. The highest BCUT2D eigenvalue weighted by molar-refractivity contribution is 9.10. The Balaban J connectivity index is 1.29. The van der Waals surface area contributed by atoms with E-state index < -0.39 is 10.9 Å². The molecule has 2 aliphatic rings. The molecule has 15 heteroatoms. The molecule has 2 fully saturated rings. The number of nitrogens with one attached hydrogen (secondary N) is 2. The Kier molecular flexibility index (Phi) is 10.2. The van der Waals surface area contributed by atoms with Crippen LogP contribution in [0.25, 0.3) is 0 Å². The normalized spacial score (nSPS) is 17.1. The summed E-state index contributed by atoms with van der Waals surface area (Å²) in [5.41, 5.74) is 2.35. The Morgan fingerprint density at radius 3 is 2.36 bits per heavy atom. The van der Waals surface area contributed by atoms with E-state index in [1.807, 2.05) is 6.07 Å². The number of hydrogen-bond acceptors (Lipinski definition) is 9. The first-order valence-corrected chi connectivity index (χ1v) is 16.6. The lowest BCUT2D eigenvalue weighted by Crippen LogP contribution is -2.52. The predicted octanol–water partition coefficient (Wildman–Crippen LogP) is 5.87. The van der Waals surface area contributed by atoms with E-state index in [0.717, 1.165) is 62.1 Å². The van der Waals surface area contributed by atoms with E-state index in [1.54, 1.807) is 30.5 Å². The van der Waals surface area contributed by atoms with Gasteiger partial charge in [0.05, 0.1) is 37.3 Å². The zero-order valence-corrected chi connectivity index (χ0v) is 27.9. The molecule has 0 saturated carbocycles. The molecule has 0 unspecified atom stereocenters. The highest BCUT2D eigenvalue weighted by Crippen LogP contribution is 2.38. The standard InChI is InChI=1S/C27H32BrCl3N8O2S/c1-36-9-11-38(12-10-36)18-5-7-39(8-6-18)25-15-20(30)22(14-21(25)31)34-27-32-16-19(28)26(35-27)33-23-13-17(29)3-4-24(23)37(2)42(40)41/h3-4,13-16,18,42H,5-12H2,1-2H3,(H2,32,33,34,35). The first kappa shape index (κ1) is 31.4. The number of benzene rings is 2. The Hall–Kier alpha value is -2.06. The minimum absolute atomic E-state index is 0.270. The Morgan fingerprint density at radius 2 is 1.67 bits per heavy atom. The van der Waals surface area contributed by atoms with Crippen LogP contribution in [-0.4, -0.2) is 87.6 Å². The average molecular weight is 719 g/mol. The minimum Gasteiger partial charge on any atom is -0.370 e. The van der Waals surface area contributed by atoms with Gasteiger partial charge in [-0.3, -0.25) is 9.21 Å². The second-order valence-electron chi connectivity index (χ2n) is 10.4. The van der Waals surface area contributed by atoms with Gasteiger partial charge in [0.2, 0.25) is 16.8 Å². The molecule has 0 atom stereocenters. The smallest absolute Gasteiger partial charge is 0.229 e. The zero-order chi connectivity index (χ0) is 30.0. The van der Waals surface area contributed by atoms with E-state index in [1.165, 1.54) is 7.05 Å². The predicted molar refractivity (Wildman–Crippen MR) is 177 cm³/mol. The quantitative estimate of drug-likeness (QED) is 0.248. The Morgan fingerprint density at radius 1 is 0.952 bits per heavy atom. The van der Waals surface area contributed by atoms with Crippen molar-refractivity contribution in [2.45, 2.75) is 18.9 Å². The molecule has 42 heavy (non-hydrogen) atoms. The van der Waals surface area contributed by atoms with Gasteiger partial charge in [0.25, 0.3) is 0 Å². The van der Waals surface area contributed by atoms with Crippen LogP contribution in [0.4, 0.5) is 34.5 Å². The average Bonchev–Trinajstić information content (AvgIpc) is 2.97. The summed E-state index contributed by atoms with van der Waals surface area (Å²) in [5, 5.41) is 7.82. The van der Waals surface area contributed by atoms with Gasteiger partial charge in [-0.2, -0.15) is 4.98 Å². The number of hydrogen-bond donors (Lipinski definition) is 3. The number of piperidine rings is 1. The van der Waals surface area contributed by atoms with Crippen molar-refractivity contribution in [2.24, 2.45) is 0 Å². The molecule has 0 aliphatic carbocycles. The molecule has 2 saturated heterocycles. The lowest BCUT2D eigenvalue weighted by Gasteiger charge is -2.42. The number of thiol groups is 1. The molecule has 3 heterocycles. The van der Waals surface area contributed by atoms with Crippen LogP contribution in [-0.2, 0) is 10.9 Å². The molecule has 2 N–H and O–H groups in total. The molecule has 0 spiro atoms. The fraction of sp³-hybridized carbons (Fsp3) is 0.407. The summed E-state index contributed by atoms with van der Waals surface area (Å²) in [6.07, 6.45) is 3.76. The van der Waals surface area contributed by atoms with Gasteiger partial charge in [-0.1, -0.05) is 34.8 Å². The van der Waals surface area contributed by atoms with Crippen LogP contribution < -0.4 is 19.8 Å². The summed E-state index contributed by atoms with van der Waals surface area (Å²) < 4.78 is 24.9. The molecule has 2 aliphatic heterocycles. The van der Waals surface area contributed by atoms with Crippen molar-refractivity contribution in [1.82, 2.24) is 19.8 Å². The van der Waals surface area contributed by atoms with Crippen molar-refractivity contribution < 1.29 is 8.42 Å². The zero-order valence-electron chi connectivity index (χ0n) is 23.2. The monoisotopic (exact) mass is 716 g/mol. The van der Waals surface area contributed by atoms with Gasteiger partial charge in [-0.05, 0) is 66.2 Å². The van der Waals surface area contributed by atoms with Crippen LogP contribution in [0, 0.1) is 0 Å². The van der Waals surface area contributed by atoms with E-state index in [9.17, 15) is 8.42 Å². The number of anilines is 6. The third-order valence-corrected chi connectivity index (χ3v) is 9.83. The maximum absolute atomic E-state index is 11.6. The minimum atomic E-state index is -2.85. The number of piperazine rings is 1. The molecular formula is C27H32BrCl3N8O2S. The molecule has 0 radical (unpaired) electrons. The van der Waals surface area contributed by atoms with Gasteiger partial charge in [0.15, 0.2) is 0 Å². The lowest BCUT2D eigenvalue weighted by molar-refractivity contribution is 0.0982. The highest BCUT2D eigenvalue weighted by Gasteiger charge is 2.28. The summed E-state index contributed by atoms with van der Waals surface area (Å²) in [6, 6.07) is 9.13. The summed E-state index contributed by atoms with van der Waals surface area (Å²) >= 11 is 23.1. The second kappa shape index (κ2) is 13.7. The van der Waals surface area contributed by atoms with E-state index in [2.05, 4.69) is 58.3 Å². The van der Waals surface area contributed by atoms with Crippen molar-refractivity contribution in [1.29, 1.82) is 0 Å². The van der Waals surface area contributed by atoms with Crippen molar-refractivity contribution >= 4 is 96.1 Å². The van der Waals surface area contributed by atoms with Crippen molar-refractivity contribution in [3.8, 4) is 0 Å². The van der Waals surface area contributed by atoms with Crippen LogP contribution in [0.3, 0.4) is 0 Å². The fourth-order valence-corrected chi connectivity index (χ4v) is 6.58. The van der Waals surface area contributed by atoms with Gasteiger partial charge in [0, 0.05) is 63.6 Å². The number of aromatic nitrogens is 2. The summed E-state index contributed by atoms with van der Waals surface area (Å²) in [6.45, 7) is 6.35. The molecule has 2 aromatic carbocycles. The molecule has 0 amide bonds. The fourth-order valence-electron chi connectivity index (χ4n) is 5.28. The summed E-state index contributed by atoms with van der Waals surface area (Å²) in [7, 11) is 0.786. The maximum Gasteiger partial charge on any atom is 0.229 e. The van der Waals surface area contributed by atoms with Gasteiger partial charge in [-0.15, -0.1) is 0 Å². The number of nitrogens with zero attached hydrogens (tertiary/aromatic N) is 6. The van der Waals surface area contributed by atoms with Crippen LogP contribution in [0.1, 0.15) is 12.8 Å². The van der Waals surface area contributed by atoms with E-state index in [0.29, 0.717) is 48.5 Å². The Labute approximate surface area is 271 Å². The summed E-state index contributed by atoms with van der Waals surface area (Å²) in [5.74, 6) is 0.666. The van der Waals surface area contributed by atoms with Crippen LogP contribution in [0.15, 0.2) is 41.0 Å². The molecule has 0 bridgehead atoms. The first-order valence-electron chi connectivity index (χ1n) is 13.5. The Bertz CT molecular complexity index is 1510. The summed E-state index contributed by atoms with van der Waals surface area (Å²) in [4.78, 5) is 16.2. The van der Waals surface area contributed by atoms with Crippen LogP contribution in [0.5, 0.6) is 0 Å². The van der Waals surface area contributed by atoms with E-state index >= 15 is 0 Å². The largest absolute Gasteiger partial charge is 0.370 e. The van der Waals surface area contributed by atoms with Gasteiger partial charge >= 0.3 is 0 Å². The number of likely N-dealkylation sites (N-methyl/N-ethyl adjacent to an activating group) is 1. The second-order valence-corrected chi connectivity index (χ2v) is 13.6. The van der Waals surface area contributed by atoms with Crippen molar-refractivity contribution in [3.63, 3.8) is 0 Å². The SMILES string of the molecule is CN1CCN(C2CCN(c3cc(Cl)c(Nc4ncc(Br)c(Nc5cc(Cl)ccc5N(C)[SH](=O)=O)n4)cc3Cl)CC2)CC1. The molecule has 1 aromatic heterocycles. The molecular weight excluding hydrogens is 687 g/mol. The molecule has 10 nitrogen and oxygen atoms in total.